The number of likely N-dealkylation sites (tertiary alicyclic amines) is 1. The molecule has 10 nitrogen and oxygen atoms in total. The van der Waals surface area contributed by atoms with Crippen molar-refractivity contribution >= 4 is 62.4 Å². The lowest BCUT2D eigenvalue weighted by Gasteiger charge is -2.35. The summed E-state index contributed by atoms with van der Waals surface area (Å²) < 4.78 is 6.77. The van der Waals surface area contributed by atoms with Gasteiger partial charge in [-0.05, 0) is 44.4 Å². The van der Waals surface area contributed by atoms with E-state index in [9.17, 15) is 9.59 Å². The van der Waals surface area contributed by atoms with Gasteiger partial charge in [0.15, 0.2) is 0 Å². The number of carbonyl (C=O) groups excluding carboxylic acids is 2. The Kier molecular flexibility index (Phi) is 7.60. The summed E-state index contributed by atoms with van der Waals surface area (Å²) in [6.07, 6.45) is 5.09. The van der Waals surface area contributed by atoms with E-state index < -0.39 is 12.0 Å². The number of esters is 1. The Balaban J connectivity index is 1.18. The number of aryl methyl sites for hydroxylation is 2. The van der Waals surface area contributed by atoms with Crippen LogP contribution in [0.15, 0.2) is 30.7 Å². The van der Waals surface area contributed by atoms with E-state index in [1.54, 1.807) is 51.6 Å². The van der Waals surface area contributed by atoms with Crippen molar-refractivity contribution in [3.05, 3.63) is 51.2 Å². The van der Waals surface area contributed by atoms with Crippen LogP contribution in [0.3, 0.4) is 0 Å². The topological polar surface area (TPSA) is 106 Å². The van der Waals surface area contributed by atoms with Crippen LogP contribution in [0.4, 0.5) is 5.82 Å². The molecule has 0 N–H and O–H groups in total. The number of rotatable bonds is 5. The Morgan fingerprint density at radius 3 is 2.54 bits per heavy atom. The van der Waals surface area contributed by atoms with E-state index in [-0.39, 0.29) is 17.9 Å². The molecule has 0 saturated carbocycles. The maximum atomic E-state index is 13.8. The van der Waals surface area contributed by atoms with Gasteiger partial charge in [0.2, 0.25) is 5.91 Å². The van der Waals surface area contributed by atoms with E-state index in [1.807, 2.05) is 0 Å². The van der Waals surface area contributed by atoms with Crippen molar-refractivity contribution in [3.8, 4) is 11.3 Å². The number of piperidine rings is 1. The molecule has 2 aliphatic heterocycles. The van der Waals surface area contributed by atoms with Crippen molar-refractivity contribution in [2.45, 2.75) is 45.2 Å². The van der Waals surface area contributed by atoms with Gasteiger partial charge in [-0.2, -0.15) is 0 Å². The van der Waals surface area contributed by atoms with Crippen molar-refractivity contribution in [1.29, 1.82) is 0 Å². The molecule has 2 aliphatic rings. The maximum Gasteiger partial charge on any atom is 0.328 e. The van der Waals surface area contributed by atoms with E-state index in [0.717, 1.165) is 16.0 Å². The van der Waals surface area contributed by atoms with Gasteiger partial charge in [-0.25, -0.2) is 19.4 Å². The van der Waals surface area contributed by atoms with Crippen LogP contribution >= 0.6 is 34.5 Å². The van der Waals surface area contributed by atoms with Gasteiger partial charge in [0.05, 0.1) is 34.8 Å². The minimum atomic E-state index is -0.690. The SMILES string of the molecule is COC(=O)[C@@H]1C[C@H](n2cc(-c3c(Cl)cccc3Cl)nn2)CN1C(=O)C1CCN(c2ncnc3sc(C)c(C)c23)CC1. The summed E-state index contributed by atoms with van der Waals surface area (Å²) in [5.41, 5.74) is 2.33. The summed E-state index contributed by atoms with van der Waals surface area (Å²) >= 11 is 14.4. The van der Waals surface area contributed by atoms with E-state index in [0.29, 0.717) is 60.2 Å². The summed E-state index contributed by atoms with van der Waals surface area (Å²) in [6, 6.07) is 4.32. The number of thiophene rings is 1. The molecule has 4 aromatic rings. The third kappa shape index (κ3) is 5.04. The molecule has 5 heterocycles. The third-order valence-electron chi connectivity index (χ3n) is 8.23. The first-order chi connectivity index (χ1) is 19.8. The second-order valence-electron chi connectivity index (χ2n) is 10.5. The molecule has 214 valence electrons. The third-order valence-corrected chi connectivity index (χ3v) is 9.97. The quantitative estimate of drug-likeness (QED) is 0.286. The number of benzene rings is 1. The zero-order valence-corrected chi connectivity index (χ0v) is 25.2. The highest BCUT2D eigenvalue weighted by Gasteiger charge is 2.44. The average Bonchev–Trinajstić information content (AvgIpc) is 3.70. The molecule has 2 atom stereocenters. The lowest BCUT2D eigenvalue weighted by molar-refractivity contribution is -0.152. The summed E-state index contributed by atoms with van der Waals surface area (Å²) in [6.45, 7) is 5.93. The number of fused-ring (bicyclic) bond motifs is 1. The van der Waals surface area contributed by atoms with Crippen LogP contribution in [-0.4, -0.2) is 74.5 Å². The number of hydrogen-bond acceptors (Lipinski definition) is 9. The summed E-state index contributed by atoms with van der Waals surface area (Å²) in [4.78, 5) is 41.8. The van der Waals surface area contributed by atoms with Gasteiger partial charge >= 0.3 is 5.97 Å². The average molecular weight is 615 g/mol. The van der Waals surface area contributed by atoms with Crippen molar-refractivity contribution < 1.29 is 14.3 Å². The number of methoxy groups -OCH3 is 1. The van der Waals surface area contributed by atoms with Gasteiger partial charge in [0.25, 0.3) is 0 Å². The fraction of sp³-hybridized carbons (Fsp3) is 0.429. The Morgan fingerprint density at radius 1 is 1.10 bits per heavy atom. The molecule has 1 aromatic carbocycles. The highest BCUT2D eigenvalue weighted by molar-refractivity contribution is 7.18. The Labute approximate surface area is 251 Å². The first-order valence-corrected chi connectivity index (χ1v) is 15.0. The molecule has 0 radical (unpaired) electrons. The number of ether oxygens (including phenoxy) is 1. The number of nitrogens with zero attached hydrogens (tertiary/aromatic N) is 7. The van der Waals surface area contributed by atoms with Crippen molar-refractivity contribution in [1.82, 2.24) is 29.9 Å². The summed E-state index contributed by atoms with van der Waals surface area (Å²) in [5.74, 6) is 0.261. The molecule has 6 rings (SSSR count). The number of carbonyl (C=O) groups is 2. The number of anilines is 1. The Hall–Kier alpha value is -3.28. The minimum absolute atomic E-state index is 0.0348. The van der Waals surface area contributed by atoms with E-state index in [1.165, 1.54) is 17.6 Å². The van der Waals surface area contributed by atoms with E-state index >= 15 is 0 Å². The van der Waals surface area contributed by atoms with Crippen LogP contribution < -0.4 is 4.90 Å². The van der Waals surface area contributed by atoms with Crippen molar-refractivity contribution in [3.63, 3.8) is 0 Å². The zero-order valence-electron chi connectivity index (χ0n) is 22.9. The van der Waals surface area contributed by atoms with Crippen molar-refractivity contribution in [2.75, 3.05) is 31.6 Å². The van der Waals surface area contributed by atoms with Crippen LogP contribution in [0.2, 0.25) is 10.0 Å². The summed E-state index contributed by atoms with van der Waals surface area (Å²) in [5, 5.41) is 10.6. The molecule has 1 amide bonds. The van der Waals surface area contributed by atoms with Crippen LogP contribution in [0.1, 0.15) is 35.7 Å². The monoisotopic (exact) mass is 613 g/mol. The minimum Gasteiger partial charge on any atom is -0.467 e. The van der Waals surface area contributed by atoms with Crippen LogP contribution in [0.25, 0.3) is 21.5 Å². The largest absolute Gasteiger partial charge is 0.467 e. The van der Waals surface area contributed by atoms with Gasteiger partial charge in [-0.1, -0.05) is 34.5 Å². The summed E-state index contributed by atoms with van der Waals surface area (Å²) in [7, 11) is 1.35. The predicted octanol–water partition coefficient (Wildman–Crippen LogP) is 5.11. The fourth-order valence-electron chi connectivity index (χ4n) is 5.90. The molecule has 41 heavy (non-hydrogen) atoms. The Bertz CT molecular complexity index is 1610. The molecule has 0 aliphatic carbocycles. The highest BCUT2D eigenvalue weighted by atomic mass is 35.5. The van der Waals surface area contributed by atoms with Gasteiger partial charge < -0.3 is 14.5 Å². The Morgan fingerprint density at radius 2 is 1.83 bits per heavy atom. The second-order valence-corrected chi connectivity index (χ2v) is 12.5. The van der Waals surface area contributed by atoms with Crippen LogP contribution in [0.5, 0.6) is 0 Å². The molecular weight excluding hydrogens is 585 g/mol. The number of hydrogen-bond donors (Lipinski definition) is 0. The first kappa shape index (κ1) is 27.9. The number of halogens is 2. The highest BCUT2D eigenvalue weighted by Crippen LogP contribution is 2.38. The number of aromatic nitrogens is 5. The molecule has 3 aromatic heterocycles. The van der Waals surface area contributed by atoms with E-state index in [2.05, 4.69) is 39.0 Å². The molecule has 2 fully saturated rings. The molecule has 13 heteroatoms. The number of amides is 1. The molecule has 0 spiro atoms. The van der Waals surface area contributed by atoms with Crippen molar-refractivity contribution in [2.24, 2.45) is 5.92 Å². The molecular formula is C28H29Cl2N7O3S. The molecule has 0 unspecified atom stereocenters. The maximum absolute atomic E-state index is 13.8. The normalized spacial score (nSPS) is 19.7. The molecule has 0 bridgehead atoms. The van der Waals surface area contributed by atoms with Gasteiger partial charge in [0, 0.05) is 42.4 Å². The standard InChI is InChI=1S/C28H29Cl2N7O3S/c1-15-16(2)41-26-23(15)25(31-14-32-26)35-9-7-17(8-10-35)27(38)36-12-18(11-22(36)28(39)40-3)37-13-21(33-34-37)24-19(29)5-4-6-20(24)30/h4-6,13-14,17-18,22H,7-12H2,1-3H3/t18-,22-/m0/s1. The smallest absolute Gasteiger partial charge is 0.328 e. The van der Waals surface area contributed by atoms with Gasteiger partial charge in [-0.3, -0.25) is 4.79 Å². The first-order valence-electron chi connectivity index (χ1n) is 13.5. The fourth-order valence-corrected chi connectivity index (χ4v) is 7.48. The van der Waals surface area contributed by atoms with E-state index in [4.69, 9.17) is 27.9 Å². The molecule has 2 saturated heterocycles. The van der Waals surface area contributed by atoms with Crippen LogP contribution in [0, 0.1) is 19.8 Å². The van der Waals surface area contributed by atoms with Gasteiger partial charge in [0.1, 0.15) is 28.7 Å². The van der Waals surface area contributed by atoms with Crippen LogP contribution in [-0.2, 0) is 14.3 Å². The predicted molar refractivity (Wildman–Crippen MR) is 158 cm³/mol. The lowest BCUT2D eigenvalue weighted by Crippen LogP contribution is -2.47. The zero-order chi connectivity index (χ0) is 28.8. The second kappa shape index (κ2) is 11.2. The lowest BCUT2D eigenvalue weighted by atomic mass is 9.94. The van der Waals surface area contributed by atoms with Gasteiger partial charge in [-0.15, -0.1) is 16.4 Å².